The van der Waals surface area contributed by atoms with Crippen molar-refractivity contribution in [3.8, 4) is 5.69 Å². The maximum Gasteiger partial charge on any atom is 0.256 e. The molecule has 0 saturated heterocycles. The Hall–Kier alpha value is -4.78. The van der Waals surface area contributed by atoms with Gasteiger partial charge in [0, 0.05) is 23.7 Å². The van der Waals surface area contributed by atoms with Crippen molar-refractivity contribution >= 4 is 33.4 Å². The lowest BCUT2D eigenvalue weighted by atomic mass is 10.0. The molecule has 0 bridgehead atoms. The van der Waals surface area contributed by atoms with Crippen molar-refractivity contribution in [2.24, 2.45) is 0 Å². The highest BCUT2D eigenvalue weighted by atomic mass is 16.1. The third-order valence-electron chi connectivity index (χ3n) is 7.99. The summed E-state index contributed by atoms with van der Waals surface area (Å²) in [7, 11) is 0. The predicted molar refractivity (Wildman–Crippen MR) is 156 cm³/mol. The molecule has 6 aromatic rings. The number of hydrogen-bond acceptors (Lipinski definition) is 4. The van der Waals surface area contributed by atoms with Gasteiger partial charge < -0.3 is 5.32 Å². The topological polar surface area (TPSA) is 77.6 Å². The smallest absolute Gasteiger partial charge is 0.256 e. The largest absolute Gasteiger partial charge is 0.319 e. The first-order valence-corrected chi connectivity index (χ1v) is 14.0. The minimum Gasteiger partial charge on any atom is -0.319 e. The second kappa shape index (κ2) is 9.16. The number of amides is 1. The molecule has 2 aliphatic carbocycles. The summed E-state index contributed by atoms with van der Waals surface area (Å²) in [5, 5.41) is 16.0. The molecule has 0 aliphatic heterocycles. The molecule has 2 fully saturated rings. The van der Waals surface area contributed by atoms with E-state index >= 15 is 0 Å². The van der Waals surface area contributed by atoms with Gasteiger partial charge in [0.1, 0.15) is 0 Å². The molecule has 7 nitrogen and oxygen atoms in total. The van der Waals surface area contributed by atoms with Crippen LogP contribution in [0.15, 0.2) is 91.3 Å². The monoisotopic (exact) mass is 524 g/mol. The van der Waals surface area contributed by atoms with E-state index in [0.717, 1.165) is 53.8 Å². The number of nitrogens with one attached hydrogen (secondary N) is 1. The molecule has 0 radical (unpaired) electrons. The molecule has 1 N–H and O–H groups in total. The Morgan fingerprint density at radius 1 is 0.900 bits per heavy atom. The summed E-state index contributed by atoms with van der Waals surface area (Å²) in [4.78, 5) is 19.0. The molecule has 2 aliphatic rings. The van der Waals surface area contributed by atoms with Crippen LogP contribution in [0.3, 0.4) is 0 Å². The van der Waals surface area contributed by atoms with E-state index in [0.29, 0.717) is 29.6 Å². The van der Waals surface area contributed by atoms with Gasteiger partial charge in [0.05, 0.1) is 40.8 Å². The maximum atomic E-state index is 13.9. The number of carbonyl (C=O) groups is 1. The van der Waals surface area contributed by atoms with Crippen LogP contribution in [-0.2, 0) is 6.54 Å². The van der Waals surface area contributed by atoms with Crippen LogP contribution in [0, 0.1) is 0 Å². The van der Waals surface area contributed by atoms with Crippen LogP contribution in [0.5, 0.6) is 0 Å². The summed E-state index contributed by atoms with van der Waals surface area (Å²) < 4.78 is 3.80. The Kier molecular flexibility index (Phi) is 5.30. The van der Waals surface area contributed by atoms with Gasteiger partial charge in [-0.3, -0.25) is 9.48 Å². The van der Waals surface area contributed by atoms with Crippen molar-refractivity contribution in [2.75, 3.05) is 5.32 Å². The molecule has 1 amide bonds. The van der Waals surface area contributed by atoms with Gasteiger partial charge in [-0.25, -0.2) is 9.67 Å². The lowest BCUT2D eigenvalue weighted by Gasteiger charge is -2.09. The zero-order valence-electron chi connectivity index (χ0n) is 22.0. The molecule has 196 valence electrons. The Balaban J connectivity index is 1.15. The number of carbonyl (C=O) groups excluding carboxylic acids is 1. The molecular formula is C33H28N6O. The lowest BCUT2D eigenvalue weighted by Crippen LogP contribution is -2.13. The third kappa shape index (κ3) is 4.14. The van der Waals surface area contributed by atoms with Crippen molar-refractivity contribution in [1.29, 1.82) is 0 Å². The highest BCUT2D eigenvalue weighted by Gasteiger charge is 2.34. The Morgan fingerprint density at radius 3 is 2.50 bits per heavy atom. The van der Waals surface area contributed by atoms with Crippen LogP contribution in [0.4, 0.5) is 5.69 Å². The van der Waals surface area contributed by atoms with Gasteiger partial charge in [0.2, 0.25) is 0 Å². The van der Waals surface area contributed by atoms with Crippen LogP contribution in [0.1, 0.15) is 64.8 Å². The van der Waals surface area contributed by atoms with Crippen molar-refractivity contribution in [3.05, 3.63) is 114 Å². The number of aromatic nitrogens is 5. The number of fused-ring (bicyclic) bond motifs is 2. The normalized spacial score (nSPS) is 15.1. The predicted octanol–water partition coefficient (Wildman–Crippen LogP) is 6.83. The van der Waals surface area contributed by atoms with Gasteiger partial charge in [-0.05, 0) is 60.2 Å². The van der Waals surface area contributed by atoms with Gasteiger partial charge in [-0.2, -0.15) is 10.2 Å². The van der Waals surface area contributed by atoms with Crippen LogP contribution in [0.25, 0.3) is 27.5 Å². The number of hydrogen-bond donors (Lipinski definition) is 1. The van der Waals surface area contributed by atoms with E-state index < -0.39 is 0 Å². The fourth-order valence-electron chi connectivity index (χ4n) is 5.64. The third-order valence-corrected chi connectivity index (χ3v) is 7.99. The van der Waals surface area contributed by atoms with Gasteiger partial charge in [0.25, 0.3) is 5.91 Å². The second-order valence-electron chi connectivity index (χ2n) is 11.0. The Bertz CT molecular complexity index is 1890. The van der Waals surface area contributed by atoms with E-state index in [-0.39, 0.29) is 5.91 Å². The quantitative estimate of drug-likeness (QED) is 0.248. The SMILES string of the molecule is O=C(Nc1cnn(Cc2cccc3ccccc23)c1)c1cc(C2CC2)nc2c1c(C1CC1)nn2-c1ccccc1. The number of pyridine rings is 1. The van der Waals surface area contributed by atoms with E-state index in [1.165, 1.54) is 16.3 Å². The van der Waals surface area contributed by atoms with E-state index in [1.807, 2.05) is 52.0 Å². The van der Waals surface area contributed by atoms with Crippen LogP contribution in [0.2, 0.25) is 0 Å². The first kappa shape index (κ1) is 23.1. The maximum absolute atomic E-state index is 13.9. The standard InChI is InChI=1S/C33H28N6O/c40-33(35-25-18-34-38(20-25)19-24-9-6-8-21-7-4-5-12-27(21)24)28-17-29(22-13-14-22)36-32-30(28)31(23-15-16-23)37-39(32)26-10-2-1-3-11-26/h1-12,17-18,20,22-23H,13-16,19H2,(H,35,40). The van der Waals surface area contributed by atoms with Gasteiger partial charge in [-0.15, -0.1) is 0 Å². The zero-order chi connectivity index (χ0) is 26.6. The number of anilines is 1. The van der Waals surface area contributed by atoms with E-state index in [1.54, 1.807) is 6.20 Å². The summed E-state index contributed by atoms with van der Waals surface area (Å²) in [6, 6.07) is 26.8. The molecule has 0 spiro atoms. The highest BCUT2D eigenvalue weighted by Crippen LogP contribution is 2.45. The van der Waals surface area contributed by atoms with E-state index in [9.17, 15) is 4.79 Å². The minimum absolute atomic E-state index is 0.145. The van der Waals surface area contributed by atoms with E-state index in [2.05, 4.69) is 52.9 Å². The lowest BCUT2D eigenvalue weighted by molar-refractivity contribution is 0.102. The summed E-state index contributed by atoms with van der Waals surface area (Å²) in [6.45, 7) is 0.623. The fraction of sp³-hybridized carbons (Fsp3) is 0.212. The van der Waals surface area contributed by atoms with Crippen molar-refractivity contribution in [1.82, 2.24) is 24.5 Å². The molecule has 7 heteroatoms. The van der Waals surface area contributed by atoms with E-state index in [4.69, 9.17) is 10.1 Å². The molecule has 3 heterocycles. The van der Waals surface area contributed by atoms with Crippen molar-refractivity contribution < 1.29 is 4.79 Å². The first-order chi connectivity index (χ1) is 19.7. The Morgan fingerprint density at radius 2 is 1.68 bits per heavy atom. The number of benzene rings is 3. The van der Waals surface area contributed by atoms with Crippen LogP contribution >= 0.6 is 0 Å². The minimum atomic E-state index is -0.145. The van der Waals surface area contributed by atoms with Crippen molar-refractivity contribution in [3.63, 3.8) is 0 Å². The Labute approximate surface area is 231 Å². The molecule has 3 aromatic carbocycles. The van der Waals surface area contributed by atoms with Crippen LogP contribution in [-0.4, -0.2) is 30.5 Å². The first-order valence-electron chi connectivity index (χ1n) is 14.0. The summed E-state index contributed by atoms with van der Waals surface area (Å²) in [6.07, 6.45) is 8.01. The number of para-hydroxylation sites is 1. The highest BCUT2D eigenvalue weighted by molar-refractivity contribution is 6.13. The second-order valence-corrected chi connectivity index (χ2v) is 11.0. The number of nitrogens with zero attached hydrogens (tertiary/aromatic N) is 5. The molecule has 40 heavy (non-hydrogen) atoms. The van der Waals surface area contributed by atoms with Crippen LogP contribution < -0.4 is 5.32 Å². The van der Waals surface area contributed by atoms with Gasteiger partial charge in [0.15, 0.2) is 5.65 Å². The van der Waals surface area contributed by atoms with Crippen molar-refractivity contribution in [2.45, 2.75) is 44.1 Å². The average Bonchev–Trinajstić information content (AvgIpc) is 3.93. The molecule has 0 atom stereocenters. The van der Waals surface area contributed by atoms with Gasteiger partial charge >= 0.3 is 0 Å². The van der Waals surface area contributed by atoms with Gasteiger partial charge in [-0.1, -0.05) is 60.7 Å². The molecule has 0 unspecified atom stereocenters. The average molecular weight is 525 g/mol. The summed E-state index contributed by atoms with van der Waals surface area (Å²) in [5.74, 6) is 0.632. The number of rotatable bonds is 7. The fourth-order valence-corrected chi connectivity index (χ4v) is 5.64. The summed E-state index contributed by atoms with van der Waals surface area (Å²) in [5.41, 5.74) is 6.19. The molecule has 2 saturated carbocycles. The molecule has 3 aromatic heterocycles. The zero-order valence-corrected chi connectivity index (χ0v) is 22.0. The summed E-state index contributed by atoms with van der Waals surface area (Å²) >= 11 is 0. The molecule has 8 rings (SSSR count). The molecular weight excluding hydrogens is 496 g/mol.